The quantitative estimate of drug-likeness (QED) is 0.787. The summed E-state index contributed by atoms with van der Waals surface area (Å²) in [5, 5.41) is 0. The number of carbonyl (C=O) groups is 2. The van der Waals surface area contributed by atoms with Crippen LogP contribution in [0, 0.1) is 0 Å². The molecule has 0 radical (unpaired) electrons. The zero-order chi connectivity index (χ0) is 15.2. The molecule has 1 aliphatic heterocycles. The second kappa shape index (κ2) is 7.22. The number of Topliss-reactive ketones (excluding diaryl/α,β-unsaturated/α-hetero) is 1. The third-order valence-corrected chi connectivity index (χ3v) is 3.79. The molecule has 0 bridgehead atoms. The number of nitrogens with zero attached hydrogens (tertiary/aromatic N) is 2. The summed E-state index contributed by atoms with van der Waals surface area (Å²) in [7, 11) is 1.59. The normalized spacial score (nSPS) is 16.4. The third-order valence-electron chi connectivity index (χ3n) is 3.79. The Balaban J connectivity index is 1.94. The van der Waals surface area contributed by atoms with Crippen LogP contribution in [0.1, 0.15) is 23.7 Å². The van der Waals surface area contributed by atoms with Crippen LogP contribution in [0.4, 0.5) is 0 Å². The molecule has 5 heteroatoms. The van der Waals surface area contributed by atoms with E-state index in [0.717, 1.165) is 26.1 Å². The van der Waals surface area contributed by atoms with Crippen LogP contribution in [-0.4, -0.2) is 61.3 Å². The lowest BCUT2D eigenvalue weighted by molar-refractivity contribution is -0.128. The number of ether oxygens (including phenoxy) is 1. The number of methoxy groups -OCH3 is 1. The molecule has 5 nitrogen and oxygen atoms in total. The van der Waals surface area contributed by atoms with Gasteiger partial charge < -0.3 is 9.64 Å². The molecule has 0 atom stereocenters. The molecule has 1 aromatic rings. The summed E-state index contributed by atoms with van der Waals surface area (Å²) >= 11 is 0. The Kier molecular flexibility index (Phi) is 5.33. The maximum Gasteiger partial charge on any atom is 0.219 e. The van der Waals surface area contributed by atoms with Crippen LogP contribution in [0.25, 0.3) is 0 Å². The Morgan fingerprint density at radius 2 is 2.00 bits per heavy atom. The first-order chi connectivity index (χ1) is 10.1. The van der Waals surface area contributed by atoms with Crippen LogP contribution in [0.2, 0.25) is 0 Å². The summed E-state index contributed by atoms with van der Waals surface area (Å²) in [5.74, 6) is 0.889. The Morgan fingerprint density at radius 1 is 1.19 bits per heavy atom. The van der Waals surface area contributed by atoms with Gasteiger partial charge >= 0.3 is 0 Å². The first-order valence-corrected chi connectivity index (χ1v) is 7.25. The Labute approximate surface area is 125 Å². The van der Waals surface area contributed by atoms with E-state index in [1.54, 1.807) is 20.1 Å². The molecule has 1 fully saturated rings. The molecular weight excluding hydrogens is 268 g/mol. The summed E-state index contributed by atoms with van der Waals surface area (Å²) in [6.07, 6.45) is 0.908. The number of hydrogen-bond donors (Lipinski definition) is 0. The standard InChI is InChI=1S/C16H22N2O3/c1-13(19)18-8-4-7-17(9-10-18)12-16(20)14-5-3-6-15(11-14)21-2/h3,5-6,11H,4,7-10,12H2,1-2H3. The van der Waals surface area contributed by atoms with E-state index in [2.05, 4.69) is 4.90 Å². The summed E-state index contributed by atoms with van der Waals surface area (Å²) in [5.41, 5.74) is 0.669. The highest BCUT2D eigenvalue weighted by Gasteiger charge is 2.19. The summed E-state index contributed by atoms with van der Waals surface area (Å²) in [6, 6.07) is 7.23. The minimum atomic E-state index is 0.0881. The predicted octanol–water partition coefficient (Wildman–Crippen LogP) is 1.43. The Bertz CT molecular complexity index is 516. The minimum Gasteiger partial charge on any atom is -0.497 e. The van der Waals surface area contributed by atoms with E-state index in [-0.39, 0.29) is 11.7 Å². The van der Waals surface area contributed by atoms with Crippen LogP contribution in [0.5, 0.6) is 5.75 Å². The van der Waals surface area contributed by atoms with Gasteiger partial charge in [0.2, 0.25) is 5.91 Å². The lowest BCUT2D eigenvalue weighted by Crippen LogP contribution is -2.35. The van der Waals surface area contributed by atoms with Gasteiger partial charge in [-0.3, -0.25) is 14.5 Å². The molecule has 1 saturated heterocycles. The lowest BCUT2D eigenvalue weighted by Gasteiger charge is -2.20. The maximum absolute atomic E-state index is 12.3. The van der Waals surface area contributed by atoms with E-state index in [4.69, 9.17) is 4.74 Å². The molecule has 0 N–H and O–H groups in total. The molecule has 0 spiro atoms. The highest BCUT2D eigenvalue weighted by Crippen LogP contribution is 2.14. The smallest absolute Gasteiger partial charge is 0.219 e. The molecule has 2 rings (SSSR count). The van der Waals surface area contributed by atoms with Gasteiger partial charge in [-0.1, -0.05) is 12.1 Å². The van der Waals surface area contributed by atoms with Crippen LogP contribution in [0.3, 0.4) is 0 Å². The average Bonchev–Trinajstić information content (AvgIpc) is 2.73. The average molecular weight is 290 g/mol. The fourth-order valence-electron chi connectivity index (χ4n) is 2.53. The number of ketones is 1. The SMILES string of the molecule is COc1cccc(C(=O)CN2CCCN(C(C)=O)CC2)c1. The van der Waals surface area contributed by atoms with Crippen molar-refractivity contribution in [2.45, 2.75) is 13.3 Å². The van der Waals surface area contributed by atoms with Crippen LogP contribution < -0.4 is 4.74 Å². The first-order valence-electron chi connectivity index (χ1n) is 7.25. The van der Waals surface area contributed by atoms with E-state index < -0.39 is 0 Å². The summed E-state index contributed by atoms with van der Waals surface area (Å²) in [6.45, 7) is 5.05. The Morgan fingerprint density at radius 3 is 2.71 bits per heavy atom. The number of carbonyl (C=O) groups excluding carboxylic acids is 2. The predicted molar refractivity (Wildman–Crippen MR) is 80.6 cm³/mol. The highest BCUT2D eigenvalue weighted by atomic mass is 16.5. The number of benzene rings is 1. The summed E-state index contributed by atoms with van der Waals surface area (Å²) in [4.78, 5) is 27.7. The summed E-state index contributed by atoms with van der Waals surface area (Å²) < 4.78 is 5.15. The van der Waals surface area contributed by atoms with E-state index >= 15 is 0 Å². The number of rotatable bonds is 4. The number of hydrogen-bond acceptors (Lipinski definition) is 4. The van der Waals surface area contributed by atoms with Gasteiger partial charge in [0, 0.05) is 38.7 Å². The van der Waals surface area contributed by atoms with Gasteiger partial charge in [-0.2, -0.15) is 0 Å². The van der Waals surface area contributed by atoms with Crippen molar-refractivity contribution >= 4 is 11.7 Å². The van der Waals surface area contributed by atoms with Gasteiger partial charge in [-0.25, -0.2) is 0 Å². The Hall–Kier alpha value is -1.88. The van der Waals surface area contributed by atoms with Gasteiger partial charge in [-0.15, -0.1) is 0 Å². The van der Waals surface area contributed by atoms with Gasteiger partial charge in [-0.05, 0) is 18.6 Å². The monoisotopic (exact) mass is 290 g/mol. The van der Waals surface area contributed by atoms with Crippen molar-refractivity contribution in [1.82, 2.24) is 9.80 Å². The highest BCUT2D eigenvalue weighted by molar-refractivity contribution is 5.97. The van der Waals surface area contributed by atoms with Crippen molar-refractivity contribution in [2.24, 2.45) is 0 Å². The van der Waals surface area contributed by atoms with Crippen LogP contribution >= 0.6 is 0 Å². The molecule has 114 valence electrons. The second-order valence-corrected chi connectivity index (χ2v) is 5.29. The fourth-order valence-corrected chi connectivity index (χ4v) is 2.53. The fraction of sp³-hybridized carbons (Fsp3) is 0.500. The largest absolute Gasteiger partial charge is 0.497 e. The second-order valence-electron chi connectivity index (χ2n) is 5.29. The number of amides is 1. The van der Waals surface area contributed by atoms with Crippen LogP contribution in [-0.2, 0) is 4.79 Å². The topological polar surface area (TPSA) is 49.9 Å². The van der Waals surface area contributed by atoms with Gasteiger partial charge in [0.25, 0.3) is 0 Å². The molecule has 1 amide bonds. The molecular formula is C16H22N2O3. The van der Waals surface area contributed by atoms with Gasteiger partial charge in [0.1, 0.15) is 5.75 Å². The molecule has 0 aliphatic carbocycles. The van der Waals surface area contributed by atoms with E-state index in [9.17, 15) is 9.59 Å². The maximum atomic E-state index is 12.3. The zero-order valence-electron chi connectivity index (χ0n) is 12.7. The molecule has 0 aromatic heterocycles. The first kappa shape index (κ1) is 15.5. The van der Waals surface area contributed by atoms with Crippen molar-refractivity contribution in [3.05, 3.63) is 29.8 Å². The molecule has 1 aromatic carbocycles. The molecule has 1 heterocycles. The van der Waals surface area contributed by atoms with Crippen molar-refractivity contribution in [3.8, 4) is 5.75 Å². The van der Waals surface area contributed by atoms with Gasteiger partial charge in [0.05, 0.1) is 13.7 Å². The molecule has 21 heavy (non-hydrogen) atoms. The van der Waals surface area contributed by atoms with E-state index in [0.29, 0.717) is 24.4 Å². The van der Waals surface area contributed by atoms with Crippen molar-refractivity contribution < 1.29 is 14.3 Å². The zero-order valence-corrected chi connectivity index (χ0v) is 12.7. The van der Waals surface area contributed by atoms with Gasteiger partial charge in [0.15, 0.2) is 5.78 Å². The minimum absolute atomic E-state index is 0.0881. The molecule has 0 unspecified atom stereocenters. The van der Waals surface area contributed by atoms with E-state index in [1.807, 2.05) is 23.1 Å². The third kappa shape index (κ3) is 4.29. The molecule has 0 saturated carbocycles. The lowest BCUT2D eigenvalue weighted by atomic mass is 10.1. The van der Waals surface area contributed by atoms with Crippen LogP contribution in [0.15, 0.2) is 24.3 Å². The van der Waals surface area contributed by atoms with Crippen molar-refractivity contribution in [3.63, 3.8) is 0 Å². The van der Waals surface area contributed by atoms with E-state index in [1.165, 1.54) is 0 Å². The molecule has 1 aliphatic rings. The van der Waals surface area contributed by atoms with Crippen molar-refractivity contribution in [1.29, 1.82) is 0 Å². The van der Waals surface area contributed by atoms with Crippen molar-refractivity contribution in [2.75, 3.05) is 39.8 Å².